The first kappa shape index (κ1) is 11.0. The highest BCUT2D eigenvalue weighted by molar-refractivity contribution is 5.36. The summed E-state index contributed by atoms with van der Waals surface area (Å²) >= 11 is 0. The molecule has 0 saturated heterocycles. The number of phenolic OH excluding ortho intramolecular Hbond substituents is 1. The molecule has 1 rings (SSSR count). The van der Waals surface area contributed by atoms with Crippen molar-refractivity contribution >= 4 is 0 Å². The van der Waals surface area contributed by atoms with Crippen LogP contribution >= 0.6 is 0 Å². The minimum Gasteiger partial charge on any atom is -0.508 e. The third-order valence-corrected chi connectivity index (χ3v) is 1.71. The van der Waals surface area contributed by atoms with Gasteiger partial charge in [0.25, 0.3) is 0 Å². The van der Waals surface area contributed by atoms with Gasteiger partial charge >= 0.3 is 0 Å². The van der Waals surface area contributed by atoms with Crippen LogP contribution in [0.4, 0.5) is 0 Å². The van der Waals surface area contributed by atoms with Gasteiger partial charge in [0.05, 0.1) is 0 Å². The molecule has 0 aliphatic heterocycles. The van der Waals surface area contributed by atoms with Crippen molar-refractivity contribution < 1.29 is 10.6 Å². The Hall–Kier alpha value is -1.02. The first-order valence-corrected chi connectivity index (χ1v) is 3.80. The van der Waals surface area contributed by atoms with E-state index in [-0.39, 0.29) is 10.9 Å². The fourth-order valence-electron chi connectivity index (χ4n) is 1.11. The van der Waals surface area contributed by atoms with Crippen molar-refractivity contribution in [3.05, 3.63) is 29.8 Å². The molecule has 1 aromatic carbocycles. The SMILES string of the molecule is CC(C)(C)c1ccccc1O.O. The summed E-state index contributed by atoms with van der Waals surface area (Å²) in [5, 5.41) is 9.45. The second kappa shape index (κ2) is 3.59. The predicted molar refractivity (Wildman–Crippen MR) is 50.4 cm³/mol. The number of aromatic hydroxyl groups is 1. The van der Waals surface area contributed by atoms with Crippen molar-refractivity contribution in [2.75, 3.05) is 0 Å². The highest BCUT2D eigenvalue weighted by atomic mass is 16.3. The van der Waals surface area contributed by atoms with Crippen molar-refractivity contribution in [1.29, 1.82) is 0 Å². The molecule has 0 bridgehead atoms. The lowest BCUT2D eigenvalue weighted by Crippen LogP contribution is -2.10. The molecule has 68 valence electrons. The van der Waals surface area contributed by atoms with E-state index in [1.54, 1.807) is 6.07 Å². The molecule has 0 atom stereocenters. The van der Waals surface area contributed by atoms with Crippen LogP contribution in [-0.2, 0) is 5.41 Å². The minimum absolute atomic E-state index is 0. The van der Waals surface area contributed by atoms with E-state index in [2.05, 4.69) is 20.8 Å². The van der Waals surface area contributed by atoms with Crippen LogP contribution in [0.25, 0.3) is 0 Å². The molecule has 3 N–H and O–H groups in total. The Morgan fingerprint density at radius 3 is 1.92 bits per heavy atom. The van der Waals surface area contributed by atoms with Gasteiger partial charge in [-0.25, -0.2) is 0 Å². The van der Waals surface area contributed by atoms with Gasteiger partial charge in [-0.1, -0.05) is 39.0 Å². The first-order valence-electron chi connectivity index (χ1n) is 3.80. The zero-order valence-corrected chi connectivity index (χ0v) is 7.76. The number of hydrogen-bond donors (Lipinski definition) is 1. The van der Waals surface area contributed by atoms with Gasteiger partial charge < -0.3 is 10.6 Å². The molecule has 2 nitrogen and oxygen atoms in total. The Balaban J connectivity index is 0.00000121. The third-order valence-electron chi connectivity index (χ3n) is 1.71. The molecule has 0 radical (unpaired) electrons. The van der Waals surface area contributed by atoms with Crippen LogP contribution in [0.1, 0.15) is 26.3 Å². The van der Waals surface area contributed by atoms with Crippen molar-refractivity contribution in [3.63, 3.8) is 0 Å². The average molecular weight is 168 g/mol. The molecule has 0 heterocycles. The normalized spacial score (nSPS) is 10.6. The van der Waals surface area contributed by atoms with E-state index in [0.29, 0.717) is 5.75 Å². The minimum atomic E-state index is 0. The average Bonchev–Trinajstić information content (AvgIpc) is 1.86. The molecule has 0 fully saturated rings. The summed E-state index contributed by atoms with van der Waals surface area (Å²) in [5.74, 6) is 0.389. The summed E-state index contributed by atoms with van der Waals surface area (Å²) < 4.78 is 0. The second-order valence-electron chi connectivity index (χ2n) is 3.77. The predicted octanol–water partition coefficient (Wildman–Crippen LogP) is 1.87. The maximum Gasteiger partial charge on any atom is 0.119 e. The smallest absolute Gasteiger partial charge is 0.119 e. The molecule has 2 heteroatoms. The van der Waals surface area contributed by atoms with Gasteiger partial charge in [-0.2, -0.15) is 0 Å². The van der Waals surface area contributed by atoms with Gasteiger partial charge in [-0.05, 0) is 17.0 Å². The standard InChI is InChI=1S/C10H14O.H2O/c1-10(2,3)8-6-4-5-7-9(8)11;/h4-7,11H,1-3H3;1H2. The summed E-state index contributed by atoms with van der Waals surface area (Å²) in [5.41, 5.74) is 1.03. The third kappa shape index (κ3) is 2.24. The van der Waals surface area contributed by atoms with E-state index in [0.717, 1.165) is 5.56 Å². The molecule has 0 aliphatic rings. The summed E-state index contributed by atoms with van der Waals surface area (Å²) in [7, 11) is 0. The molecule has 0 spiro atoms. The largest absolute Gasteiger partial charge is 0.508 e. The summed E-state index contributed by atoms with van der Waals surface area (Å²) in [6.45, 7) is 6.26. The van der Waals surface area contributed by atoms with E-state index in [9.17, 15) is 5.11 Å². The van der Waals surface area contributed by atoms with E-state index in [1.807, 2.05) is 18.2 Å². The zero-order chi connectivity index (χ0) is 8.48. The summed E-state index contributed by atoms with van der Waals surface area (Å²) in [6, 6.07) is 7.46. The summed E-state index contributed by atoms with van der Waals surface area (Å²) in [4.78, 5) is 0. The van der Waals surface area contributed by atoms with Crippen LogP contribution in [0, 0.1) is 0 Å². The van der Waals surface area contributed by atoms with E-state index in [4.69, 9.17) is 0 Å². The monoisotopic (exact) mass is 168 g/mol. The van der Waals surface area contributed by atoms with Gasteiger partial charge in [0.1, 0.15) is 5.75 Å². The Morgan fingerprint density at radius 2 is 1.58 bits per heavy atom. The van der Waals surface area contributed by atoms with Gasteiger partial charge in [0.2, 0.25) is 0 Å². The van der Waals surface area contributed by atoms with Crippen LogP contribution in [0.5, 0.6) is 5.75 Å². The Labute approximate surface area is 73.2 Å². The molecule has 0 amide bonds. The van der Waals surface area contributed by atoms with E-state index < -0.39 is 0 Å². The Bertz CT molecular complexity index is 248. The van der Waals surface area contributed by atoms with E-state index in [1.165, 1.54) is 0 Å². The molecule has 0 saturated carbocycles. The second-order valence-corrected chi connectivity index (χ2v) is 3.77. The molecule has 0 unspecified atom stereocenters. The first-order chi connectivity index (χ1) is 5.02. The fourth-order valence-corrected chi connectivity index (χ4v) is 1.11. The van der Waals surface area contributed by atoms with Crippen LogP contribution < -0.4 is 0 Å². The van der Waals surface area contributed by atoms with Crippen LogP contribution in [0.15, 0.2) is 24.3 Å². The fraction of sp³-hybridized carbons (Fsp3) is 0.400. The van der Waals surface area contributed by atoms with Crippen molar-refractivity contribution in [2.24, 2.45) is 0 Å². The van der Waals surface area contributed by atoms with Crippen LogP contribution in [0.3, 0.4) is 0 Å². The molecule has 0 aromatic heterocycles. The van der Waals surface area contributed by atoms with E-state index >= 15 is 0 Å². The van der Waals surface area contributed by atoms with Crippen molar-refractivity contribution in [1.82, 2.24) is 0 Å². The van der Waals surface area contributed by atoms with Gasteiger partial charge in [0, 0.05) is 0 Å². The maximum atomic E-state index is 9.45. The van der Waals surface area contributed by atoms with Crippen LogP contribution in [-0.4, -0.2) is 10.6 Å². The number of phenols is 1. The molecule has 0 aliphatic carbocycles. The van der Waals surface area contributed by atoms with Crippen LogP contribution in [0.2, 0.25) is 0 Å². The highest BCUT2D eigenvalue weighted by Gasteiger charge is 2.16. The van der Waals surface area contributed by atoms with Gasteiger partial charge in [-0.15, -0.1) is 0 Å². The number of hydrogen-bond acceptors (Lipinski definition) is 1. The lowest BCUT2D eigenvalue weighted by atomic mass is 9.86. The maximum absolute atomic E-state index is 9.45. The molecule has 12 heavy (non-hydrogen) atoms. The lowest BCUT2D eigenvalue weighted by molar-refractivity contribution is 0.447. The van der Waals surface area contributed by atoms with Gasteiger partial charge in [0.15, 0.2) is 0 Å². The topological polar surface area (TPSA) is 51.7 Å². The quantitative estimate of drug-likeness (QED) is 0.631. The zero-order valence-electron chi connectivity index (χ0n) is 7.76. The van der Waals surface area contributed by atoms with Gasteiger partial charge in [-0.3, -0.25) is 0 Å². The number of benzene rings is 1. The molecular weight excluding hydrogens is 152 g/mol. The Morgan fingerprint density at radius 1 is 1.08 bits per heavy atom. The number of para-hydroxylation sites is 1. The lowest BCUT2D eigenvalue weighted by Gasteiger charge is -2.19. The number of rotatable bonds is 0. The van der Waals surface area contributed by atoms with Crippen molar-refractivity contribution in [2.45, 2.75) is 26.2 Å². The molecular formula is C10H16O2. The molecule has 1 aromatic rings. The Kier molecular flexibility index (Phi) is 3.28. The highest BCUT2D eigenvalue weighted by Crippen LogP contribution is 2.29. The van der Waals surface area contributed by atoms with Crippen molar-refractivity contribution in [3.8, 4) is 5.75 Å². The summed E-state index contributed by atoms with van der Waals surface area (Å²) in [6.07, 6.45) is 0.